The number of hydrogen-bond donors (Lipinski definition) is 2. The van der Waals surface area contributed by atoms with E-state index in [1.54, 1.807) is 0 Å². The molecule has 1 aliphatic rings. The van der Waals surface area contributed by atoms with Crippen molar-refractivity contribution in [1.29, 1.82) is 0 Å². The molecule has 0 bridgehead atoms. The van der Waals surface area contributed by atoms with Gasteiger partial charge in [0.1, 0.15) is 0 Å². The van der Waals surface area contributed by atoms with Gasteiger partial charge < -0.3 is 10.2 Å². The molecule has 0 radical (unpaired) electrons. The molecule has 0 heterocycles. The van der Waals surface area contributed by atoms with Crippen molar-refractivity contribution in [2.45, 2.75) is 20.3 Å². The van der Waals surface area contributed by atoms with Gasteiger partial charge >= 0.3 is 0 Å². The topological polar surface area (TPSA) is 40.5 Å². The van der Waals surface area contributed by atoms with Crippen LogP contribution in [0.5, 0.6) is 0 Å². The predicted octanol–water partition coefficient (Wildman–Crippen LogP) is 1.75. The molecule has 1 rings (SSSR count). The quantitative estimate of drug-likeness (QED) is 0.584. The second-order valence-electron chi connectivity index (χ2n) is 2.48. The van der Waals surface area contributed by atoms with Gasteiger partial charge in [-0.15, -0.1) is 0 Å². The van der Waals surface area contributed by atoms with Crippen LogP contribution in [-0.2, 0) is 0 Å². The molecule has 12 heavy (non-hydrogen) atoms. The Labute approximate surface area is 75.2 Å². The first-order valence-corrected chi connectivity index (χ1v) is 4.03. The largest absolute Gasteiger partial charge is 0.400 e. The molecule has 1 aliphatic carbocycles. The molecule has 0 aromatic rings. The summed E-state index contributed by atoms with van der Waals surface area (Å²) in [5.74, 6) is 0.778. The van der Waals surface area contributed by atoms with Crippen molar-refractivity contribution in [2.24, 2.45) is 5.92 Å². The second-order valence-corrected chi connectivity index (χ2v) is 2.48. The SMILES string of the molecule is CC1=CC=CCC1C.CO.CO. The summed E-state index contributed by atoms with van der Waals surface area (Å²) in [6.07, 6.45) is 7.77. The predicted molar refractivity (Wildman–Crippen MR) is 53.0 cm³/mol. The zero-order chi connectivity index (χ0) is 9.98. The third kappa shape index (κ3) is 6.13. The van der Waals surface area contributed by atoms with Crippen LogP contribution >= 0.6 is 0 Å². The Kier molecular flexibility index (Phi) is 12.1. The van der Waals surface area contributed by atoms with Crippen LogP contribution in [0.2, 0.25) is 0 Å². The van der Waals surface area contributed by atoms with E-state index in [2.05, 4.69) is 32.1 Å². The zero-order valence-electron chi connectivity index (χ0n) is 8.41. The Morgan fingerprint density at radius 3 is 2.00 bits per heavy atom. The Balaban J connectivity index is 0. The number of allylic oxidation sites excluding steroid dienone is 4. The van der Waals surface area contributed by atoms with E-state index in [4.69, 9.17) is 10.2 Å². The van der Waals surface area contributed by atoms with E-state index in [0.29, 0.717) is 0 Å². The molecular formula is C10H20O2. The second kappa shape index (κ2) is 10.4. The molecule has 0 aromatic heterocycles. The van der Waals surface area contributed by atoms with Crippen LogP contribution in [0, 0.1) is 5.92 Å². The number of aliphatic hydroxyl groups is 2. The maximum atomic E-state index is 7.00. The van der Waals surface area contributed by atoms with Gasteiger partial charge in [0.15, 0.2) is 0 Å². The molecule has 0 spiro atoms. The van der Waals surface area contributed by atoms with Gasteiger partial charge in [0.2, 0.25) is 0 Å². The van der Waals surface area contributed by atoms with Crippen molar-refractivity contribution in [3.63, 3.8) is 0 Å². The van der Waals surface area contributed by atoms with Crippen molar-refractivity contribution in [2.75, 3.05) is 14.2 Å². The van der Waals surface area contributed by atoms with Crippen LogP contribution in [0.3, 0.4) is 0 Å². The first-order chi connectivity index (χ1) is 5.80. The molecule has 2 nitrogen and oxygen atoms in total. The minimum atomic E-state index is 0.778. The summed E-state index contributed by atoms with van der Waals surface area (Å²) in [5, 5.41) is 14.0. The van der Waals surface area contributed by atoms with Gasteiger partial charge in [-0.05, 0) is 19.3 Å². The summed E-state index contributed by atoms with van der Waals surface area (Å²) in [5.41, 5.74) is 1.51. The number of rotatable bonds is 0. The summed E-state index contributed by atoms with van der Waals surface area (Å²) in [6.45, 7) is 4.45. The highest BCUT2D eigenvalue weighted by molar-refractivity contribution is 5.17. The average molecular weight is 172 g/mol. The van der Waals surface area contributed by atoms with Crippen LogP contribution in [-0.4, -0.2) is 24.4 Å². The Morgan fingerprint density at radius 2 is 1.75 bits per heavy atom. The van der Waals surface area contributed by atoms with Crippen LogP contribution in [0.4, 0.5) is 0 Å². The molecule has 0 amide bonds. The van der Waals surface area contributed by atoms with E-state index in [1.807, 2.05) is 0 Å². The van der Waals surface area contributed by atoms with E-state index in [9.17, 15) is 0 Å². The summed E-state index contributed by atoms with van der Waals surface area (Å²) in [6, 6.07) is 0. The molecule has 1 unspecified atom stereocenters. The van der Waals surface area contributed by atoms with E-state index in [-0.39, 0.29) is 0 Å². The molecule has 72 valence electrons. The Hall–Kier alpha value is -0.600. The molecule has 2 heteroatoms. The summed E-state index contributed by atoms with van der Waals surface area (Å²) >= 11 is 0. The highest BCUT2D eigenvalue weighted by Crippen LogP contribution is 2.17. The average Bonchev–Trinajstić information content (AvgIpc) is 2.17. The lowest BCUT2D eigenvalue weighted by Crippen LogP contribution is -1.96. The molecule has 0 saturated carbocycles. The van der Waals surface area contributed by atoms with Crippen LogP contribution in [0.15, 0.2) is 23.8 Å². The standard InChI is InChI=1S/C8H12.2CH4O/c1-7-5-3-4-6-8(7)2;2*1-2/h3-5,8H,6H2,1-2H3;2*2H,1H3. The van der Waals surface area contributed by atoms with E-state index in [0.717, 1.165) is 20.1 Å². The third-order valence-corrected chi connectivity index (χ3v) is 1.76. The minimum absolute atomic E-state index is 0.778. The monoisotopic (exact) mass is 172 g/mol. The molecule has 0 aliphatic heterocycles. The van der Waals surface area contributed by atoms with Crippen LogP contribution in [0.1, 0.15) is 20.3 Å². The van der Waals surface area contributed by atoms with Gasteiger partial charge in [0.25, 0.3) is 0 Å². The maximum Gasteiger partial charge on any atom is 0.0319 e. The van der Waals surface area contributed by atoms with Crippen molar-refractivity contribution < 1.29 is 10.2 Å². The number of aliphatic hydroxyl groups excluding tert-OH is 2. The maximum absolute atomic E-state index is 7.00. The van der Waals surface area contributed by atoms with Gasteiger partial charge in [0.05, 0.1) is 0 Å². The molecule has 1 atom stereocenters. The molecule has 0 saturated heterocycles. The lowest BCUT2D eigenvalue weighted by molar-refractivity contribution is 0.399. The Morgan fingerprint density at radius 1 is 1.25 bits per heavy atom. The van der Waals surface area contributed by atoms with Crippen molar-refractivity contribution in [1.82, 2.24) is 0 Å². The van der Waals surface area contributed by atoms with Crippen molar-refractivity contribution in [3.05, 3.63) is 23.8 Å². The zero-order valence-corrected chi connectivity index (χ0v) is 8.41. The minimum Gasteiger partial charge on any atom is -0.400 e. The molecule has 0 aromatic carbocycles. The summed E-state index contributed by atoms with van der Waals surface area (Å²) in [4.78, 5) is 0. The third-order valence-electron chi connectivity index (χ3n) is 1.76. The van der Waals surface area contributed by atoms with Crippen molar-refractivity contribution >= 4 is 0 Å². The summed E-state index contributed by atoms with van der Waals surface area (Å²) < 4.78 is 0. The highest BCUT2D eigenvalue weighted by Gasteiger charge is 2.02. The van der Waals surface area contributed by atoms with E-state index >= 15 is 0 Å². The molecular weight excluding hydrogens is 152 g/mol. The number of hydrogen-bond acceptors (Lipinski definition) is 2. The van der Waals surface area contributed by atoms with Gasteiger partial charge in [0, 0.05) is 14.2 Å². The lowest BCUT2D eigenvalue weighted by Gasteiger charge is -2.11. The highest BCUT2D eigenvalue weighted by atomic mass is 16.2. The molecule has 2 N–H and O–H groups in total. The van der Waals surface area contributed by atoms with Gasteiger partial charge in [-0.1, -0.05) is 30.7 Å². The fourth-order valence-electron chi connectivity index (χ4n) is 0.853. The fraction of sp³-hybridized carbons (Fsp3) is 0.600. The van der Waals surface area contributed by atoms with Crippen LogP contribution < -0.4 is 0 Å². The first kappa shape index (κ1) is 14.0. The molecule has 0 fully saturated rings. The van der Waals surface area contributed by atoms with Crippen LogP contribution in [0.25, 0.3) is 0 Å². The van der Waals surface area contributed by atoms with Gasteiger partial charge in [-0.2, -0.15) is 0 Å². The van der Waals surface area contributed by atoms with E-state index < -0.39 is 0 Å². The van der Waals surface area contributed by atoms with Gasteiger partial charge in [-0.25, -0.2) is 0 Å². The smallest absolute Gasteiger partial charge is 0.0319 e. The first-order valence-electron chi connectivity index (χ1n) is 4.03. The lowest BCUT2D eigenvalue weighted by atomic mass is 9.95. The Bertz CT molecular complexity index is 137. The van der Waals surface area contributed by atoms with E-state index in [1.165, 1.54) is 12.0 Å². The summed E-state index contributed by atoms with van der Waals surface area (Å²) in [7, 11) is 2.00. The fourth-order valence-corrected chi connectivity index (χ4v) is 0.853. The normalized spacial score (nSPS) is 19.5. The van der Waals surface area contributed by atoms with Gasteiger partial charge in [-0.3, -0.25) is 0 Å². The van der Waals surface area contributed by atoms with Crippen molar-refractivity contribution in [3.8, 4) is 0 Å².